The quantitative estimate of drug-likeness (QED) is 0.287. The van der Waals surface area contributed by atoms with E-state index in [9.17, 15) is 17.6 Å². The molecular weight excluding hydrogens is 527 g/mol. The number of imidazole rings is 1. The van der Waals surface area contributed by atoms with Crippen LogP contribution in [0.3, 0.4) is 0 Å². The van der Waals surface area contributed by atoms with E-state index in [4.69, 9.17) is 0 Å². The molecule has 0 fully saturated rings. The third kappa shape index (κ3) is 6.00. The molecule has 4 aromatic rings. The second kappa shape index (κ2) is 11.7. The molecule has 3 aromatic carbocycles. The number of aryl methyl sites for hydroxylation is 2. The van der Waals surface area contributed by atoms with E-state index in [0.717, 1.165) is 41.4 Å². The van der Waals surface area contributed by atoms with Crippen molar-refractivity contribution in [3.63, 3.8) is 0 Å². The molecule has 1 heterocycles. The monoisotopic (exact) mass is 560 g/mol. The highest BCUT2D eigenvalue weighted by molar-refractivity contribution is 7.89. The fraction of sp³-hybridized carbons (Fsp3) is 0.290. The van der Waals surface area contributed by atoms with Gasteiger partial charge in [-0.2, -0.15) is 0 Å². The summed E-state index contributed by atoms with van der Waals surface area (Å²) in [6, 6.07) is 20.5. The van der Waals surface area contributed by atoms with Crippen molar-refractivity contribution in [1.82, 2.24) is 14.3 Å². The third-order valence-corrected chi connectivity index (χ3v) is 9.05. The molecule has 1 aliphatic carbocycles. The lowest BCUT2D eigenvalue weighted by atomic mass is 9.87. The Bertz CT molecular complexity index is 1600. The van der Waals surface area contributed by atoms with Gasteiger partial charge in [0.1, 0.15) is 16.5 Å². The standard InChI is InChI=1S/C31H33FN4O3S/c1-22(23-9-4-3-5-10-23)19-31(37)36(21-30-33-17-18-35(30)2)25-16-15-24-11-8-13-28(26(24)20-25)34-40(38,39)29-14-7-6-12-27(29)32/h3-7,9-10,12,14-18,20,22,28,34H,8,11,13,19,21H2,1-2H3/t22-,28+/m1/s1. The number of benzene rings is 3. The van der Waals surface area contributed by atoms with Crippen LogP contribution in [0, 0.1) is 5.82 Å². The minimum atomic E-state index is -4.09. The van der Waals surface area contributed by atoms with Crippen molar-refractivity contribution >= 4 is 21.6 Å². The number of hydrogen-bond donors (Lipinski definition) is 1. The van der Waals surface area contributed by atoms with E-state index in [0.29, 0.717) is 18.5 Å². The van der Waals surface area contributed by atoms with E-state index in [2.05, 4.69) is 9.71 Å². The molecule has 0 saturated carbocycles. The lowest BCUT2D eigenvalue weighted by Crippen LogP contribution is -2.34. The van der Waals surface area contributed by atoms with Crippen molar-refractivity contribution in [2.45, 2.75) is 56.0 Å². The van der Waals surface area contributed by atoms with Crippen LogP contribution in [-0.2, 0) is 34.8 Å². The summed E-state index contributed by atoms with van der Waals surface area (Å²) in [4.78, 5) is 19.6. The van der Waals surface area contributed by atoms with E-state index < -0.39 is 21.9 Å². The SMILES string of the molecule is C[C@H](CC(=O)N(Cc1nccn1C)c1ccc2c(c1)[C@@H](NS(=O)(=O)c1ccccc1F)CCC2)c1ccccc1. The van der Waals surface area contributed by atoms with E-state index >= 15 is 0 Å². The highest BCUT2D eigenvalue weighted by Crippen LogP contribution is 2.35. The molecule has 0 aliphatic heterocycles. The summed E-state index contributed by atoms with van der Waals surface area (Å²) in [5.74, 6) is -0.108. The summed E-state index contributed by atoms with van der Waals surface area (Å²) in [5.41, 5.74) is 3.57. The van der Waals surface area contributed by atoms with Gasteiger partial charge in [0.2, 0.25) is 15.9 Å². The van der Waals surface area contributed by atoms with E-state index in [1.54, 1.807) is 11.1 Å². The zero-order chi connectivity index (χ0) is 28.3. The molecule has 1 N–H and O–H groups in total. The van der Waals surface area contributed by atoms with Gasteiger partial charge in [0, 0.05) is 37.6 Å². The van der Waals surface area contributed by atoms with Crippen LogP contribution in [0.15, 0.2) is 90.1 Å². The summed E-state index contributed by atoms with van der Waals surface area (Å²) >= 11 is 0. The van der Waals surface area contributed by atoms with Gasteiger partial charge in [-0.05, 0) is 66.1 Å². The van der Waals surface area contributed by atoms with Gasteiger partial charge in [-0.3, -0.25) is 4.79 Å². The van der Waals surface area contributed by atoms with Gasteiger partial charge in [-0.15, -0.1) is 0 Å². The molecule has 40 heavy (non-hydrogen) atoms. The van der Waals surface area contributed by atoms with Crippen LogP contribution in [0.5, 0.6) is 0 Å². The first-order valence-electron chi connectivity index (χ1n) is 13.4. The molecule has 7 nitrogen and oxygen atoms in total. The van der Waals surface area contributed by atoms with Gasteiger partial charge in [0.15, 0.2) is 0 Å². The molecule has 0 unspecified atom stereocenters. The number of hydrogen-bond acceptors (Lipinski definition) is 4. The van der Waals surface area contributed by atoms with Gasteiger partial charge in [0.25, 0.3) is 0 Å². The summed E-state index contributed by atoms with van der Waals surface area (Å²) in [6.07, 6.45) is 6.00. The van der Waals surface area contributed by atoms with Crippen molar-refractivity contribution in [2.24, 2.45) is 7.05 Å². The van der Waals surface area contributed by atoms with Crippen LogP contribution >= 0.6 is 0 Å². The number of nitrogens with zero attached hydrogens (tertiary/aromatic N) is 3. The molecule has 1 aromatic heterocycles. The highest BCUT2D eigenvalue weighted by Gasteiger charge is 2.29. The molecular formula is C31H33FN4O3S. The number of aromatic nitrogens is 2. The molecule has 0 radical (unpaired) electrons. The lowest BCUT2D eigenvalue weighted by Gasteiger charge is -2.30. The molecule has 0 bridgehead atoms. The Morgan fingerprint density at radius 3 is 2.60 bits per heavy atom. The van der Waals surface area contributed by atoms with Crippen molar-refractivity contribution in [1.29, 1.82) is 0 Å². The Balaban J connectivity index is 1.47. The predicted molar refractivity (Wildman–Crippen MR) is 153 cm³/mol. The molecule has 2 atom stereocenters. The highest BCUT2D eigenvalue weighted by atomic mass is 32.2. The van der Waals surface area contributed by atoms with Gasteiger partial charge >= 0.3 is 0 Å². The zero-order valence-corrected chi connectivity index (χ0v) is 23.4. The van der Waals surface area contributed by atoms with Crippen LogP contribution in [0.25, 0.3) is 0 Å². The van der Waals surface area contributed by atoms with Gasteiger partial charge in [0.05, 0.1) is 6.54 Å². The fourth-order valence-corrected chi connectivity index (χ4v) is 6.60. The molecule has 5 rings (SSSR count). The number of amides is 1. The van der Waals surface area contributed by atoms with Gasteiger partial charge in [-0.1, -0.05) is 55.5 Å². The second-order valence-electron chi connectivity index (χ2n) is 10.3. The Morgan fingerprint density at radius 1 is 1.12 bits per heavy atom. The molecule has 1 aliphatic rings. The lowest BCUT2D eigenvalue weighted by molar-refractivity contribution is -0.119. The van der Waals surface area contributed by atoms with E-state index in [1.807, 2.05) is 73.3 Å². The van der Waals surface area contributed by atoms with Gasteiger partial charge < -0.3 is 9.47 Å². The minimum absolute atomic E-state index is 0.00975. The maximum Gasteiger partial charge on any atom is 0.244 e. The molecule has 1 amide bonds. The Kier molecular flexibility index (Phi) is 8.14. The first-order chi connectivity index (χ1) is 19.2. The zero-order valence-electron chi connectivity index (χ0n) is 22.6. The molecule has 9 heteroatoms. The third-order valence-electron chi connectivity index (χ3n) is 7.55. The largest absolute Gasteiger partial charge is 0.337 e. The molecule has 208 valence electrons. The maximum atomic E-state index is 14.4. The van der Waals surface area contributed by atoms with Crippen molar-refractivity contribution in [3.05, 3.63) is 114 Å². The van der Waals surface area contributed by atoms with Crippen LogP contribution in [-0.4, -0.2) is 23.9 Å². The first kappa shape index (κ1) is 27.7. The Morgan fingerprint density at radius 2 is 1.88 bits per heavy atom. The summed E-state index contributed by atoms with van der Waals surface area (Å²) in [5, 5.41) is 0. The van der Waals surface area contributed by atoms with Gasteiger partial charge in [-0.25, -0.2) is 22.5 Å². The number of rotatable bonds is 9. The number of sulfonamides is 1. The van der Waals surface area contributed by atoms with Crippen LogP contribution < -0.4 is 9.62 Å². The Labute approximate surface area is 234 Å². The van der Waals surface area contributed by atoms with Crippen molar-refractivity contribution in [2.75, 3.05) is 4.90 Å². The van der Waals surface area contributed by atoms with Crippen LogP contribution in [0.4, 0.5) is 10.1 Å². The second-order valence-corrected chi connectivity index (χ2v) is 12.0. The van der Waals surface area contributed by atoms with Crippen LogP contribution in [0.2, 0.25) is 0 Å². The fourth-order valence-electron chi connectivity index (χ4n) is 5.28. The molecule has 0 spiro atoms. The summed E-state index contributed by atoms with van der Waals surface area (Å²) in [7, 11) is -2.21. The Hall–Kier alpha value is -3.82. The number of carbonyl (C=O) groups excluding carboxylic acids is 1. The topological polar surface area (TPSA) is 84.3 Å². The number of nitrogens with one attached hydrogen (secondary N) is 1. The first-order valence-corrected chi connectivity index (χ1v) is 14.9. The van der Waals surface area contributed by atoms with Crippen molar-refractivity contribution < 1.29 is 17.6 Å². The summed E-state index contributed by atoms with van der Waals surface area (Å²) in [6.45, 7) is 2.31. The number of carbonyl (C=O) groups is 1. The average Bonchev–Trinajstić information content (AvgIpc) is 3.36. The van der Waals surface area contributed by atoms with Crippen LogP contribution in [0.1, 0.15) is 60.7 Å². The predicted octanol–water partition coefficient (Wildman–Crippen LogP) is 5.64. The minimum Gasteiger partial charge on any atom is -0.337 e. The maximum absolute atomic E-state index is 14.4. The van der Waals surface area contributed by atoms with E-state index in [-0.39, 0.29) is 23.3 Å². The number of anilines is 1. The average molecular weight is 561 g/mol. The normalized spacial score (nSPS) is 15.8. The van der Waals surface area contributed by atoms with Crippen molar-refractivity contribution in [3.8, 4) is 0 Å². The molecule has 0 saturated heterocycles. The van der Waals surface area contributed by atoms with E-state index in [1.165, 1.54) is 18.2 Å². The number of fused-ring (bicyclic) bond motifs is 1. The smallest absolute Gasteiger partial charge is 0.244 e. The number of halogens is 1. The summed E-state index contributed by atoms with van der Waals surface area (Å²) < 4.78 is 45.2.